The maximum atomic E-state index is 5.97. The molecule has 0 radical (unpaired) electrons. The number of halogens is 1. The molecule has 0 fully saturated rings. The lowest BCUT2D eigenvalue weighted by atomic mass is 10.2. The maximum Gasteiger partial charge on any atom is 0.130 e. The van der Waals surface area contributed by atoms with Gasteiger partial charge in [0.1, 0.15) is 12.4 Å². The molecule has 2 nitrogen and oxygen atoms in total. The van der Waals surface area contributed by atoms with Crippen molar-refractivity contribution in [1.29, 1.82) is 0 Å². The van der Waals surface area contributed by atoms with Gasteiger partial charge in [0.2, 0.25) is 0 Å². The Morgan fingerprint density at radius 3 is 2.58 bits per heavy atom. The number of para-hydroxylation sites is 1. The van der Waals surface area contributed by atoms with Gasteiger partial charge in [-0.25, -0.2) is 4.98 Å². The first-order chi connectivity index (χ1) is 9.31. The van der Waals surface area contributed by atoms with Crippen LogP contribution in [0.3, 0.4) is 0 Å². The van der Waals surface area contributed by atoms with Crippen LogP contribution in [0.5, 0.6) is 5.75 Å². The maximum absolute atomic E-state index is 5.97. The van der Waals surface area contributed by atoms with Crippen molar-refractivity contribution < 1.29 is 4.74 Å². The third-order valence-corrected chi connectivity index (χ3v) is 3.08. The van der Waals surface area contributed by atoms with E-state index in [1.54, 1.807) is 0 Å². The van der Waals surface area contributed by atoms with E-state index in [9.17, 15) is 0 Å². The first-order valence-corrected chi connectivity index (χ1v) is 6.42. The molecule has 19 heavy (non-hydrogen) atoms. The first-order valence-electron chi connectivity index (χ1n) is 6.04. The van der Waals surface area contributed by atoms with Gasteiger partial charge in [-0.15, -0.1) is 0 Å². The fourth-order valence-corrected chi connectivity index (χ4v) is 2.05. The van der Waals surface area contributed by atoms with Crippen molar-refractivity contribution in [3.63, 3.8) is 0 Å². The van der Waals surface area contributed by atoms with Crippen LogP contribution < -0.4 is 4.74 Å². The van der Waals surface area contributed by atoms with E-state index in [0.717, 1.165) is 22.3 Å². The lowest BCUT2D eigenvalue weighted by Crippen LogP contribution is -1.98. The largest absolute Gasteiger partial charge is 0.487 e. The zero-order valence-corrected chi connectivity index (χ0v) is 11.0. The highest BCUT2D eigenvalue weighted by Crippen LogP contribution is 2.18. The summed E-state index contributed by atoms with van der Waals surface area (Å²) in [5, 5.41) is 1.77. The molecule has 94 valence electrons. The predicted molar refractivity (Wildman–Crippen MR) is 77.5 cm³/mol. The molecule has 0 atom stereocenters. The van der Waals surface area contributed by atoms with Crippen LogP contribution in [0.15, 0.2) is 60.7 Å². The molecule has 0 spiro atoms. The average Bonchev–Trinajstić information content (AvgIpc) is 2.46. The molecule has 0 saturated carbocycles. The van der Waals surface area contributed by atoms with Crippen LogP contribution in [0.25, 0.3) is 10.9 Å². The van der Waals surface area contributed by atoms with Crippen LogP contribution >= 0.6 is 11.6 Å². The quantitative estimate of drug-likeness (QED) is 0.700. The molecule has 0 aliphatic rings. The van der Waals surface area contributed by atoms with E-state index < -0.39 is 0 Å². The Hall–Kier alpha value is -2.06. The van der Waals surface area contributed by atoms with Gasteiger partial charge in [0.25, 0.3) is 0 Å². The summed E-state index contributed by atoms with van der Waals surface area (Å²) in [6.45, 7) is 0.451. The summed E-state index contributed by atoms with van der Waals surface area (Å²) < 4.78 is 5.68. The third kappa shape index (κ3) is 2.85. The predicted octanol–water partition coefficient (Wildman–Crippen LogP) is 4.47. The fourth-order valence-electron chi connectivity index (χ4n) is 1.89. The van der Waals surface area contributed by atoms with Gasteiger partial charge in [-0.3, -0.25) is 0 Å². The number of pyridine rings is 1. The number of fused-ring (bicyclic) bond motifs is 1. The van der Waals surface area contributed by atoms with E-state index in [4.69, 9.17) is 16.3 Å². The number of hydrogen-bond donors (Lipinski definition) is 0. The lowest BCUT2D eigenvalue weighted by molar-refractivity contribution is 0.302. The van der Waals surface area contributed by atoms with Crippen molar-refractivity contribution in [3.05, 3.63) is 71.4 Å². The lowest BCUT2D eigenvalue weighted by Gasteiger charge is -2.06. The minimum absolute atomic E-state index is 0.451. The molecule has 1 heterocycles. The molecule has 0 amide bonds. The Bertz CT molecular complexity index is 697. The summed E-state index contributed by atoms with van der Waals surface area (Å²) in [5.74, 6) is 0.843. The van der Waals surface area contributed by atoms with E-state index in [1.807, 2.05) is 60.7 Å². The van der Waals surface area contributed by atoms with Gasteiger partial charge in [-0.05, 0) is 30.3 Å². The van der Waals surface area contributed by atoms with Crippen molar-refractivity contribution in [2.75, 3.05) is 0 Å². The van der Waals surface area contributed by atoms with E-state index in [0.29, 0.717) is 11.6 Å². The minimum atomic E-state index is 0.451. The molecule has 2 aromatic carbocycles. The number of rotatable bonds is 3. The zero-order valence-electron chi connectivity index (χ0n) is 10.2. The highest BCUT2D eigenvalue weighted by atomic mass is 35.5. The molecule has 0 bridgehead atoms. The fraction of sp³-hybridized carbons (Fsp3) is 0.0625. The highest BCUT2D eigenvalue weighted by Gasteiger charge is 2.00. The van der Waals surface area contributed by atoms with E-state index >= 15 is 0 Å². The highest BCUT2D eigenvalue weighted by molar-refractivity contribution is 6.31. The second-order valence-corrected chi connectivity index (χ2v) is 4.68. The Morgan fingerprint density at radius 1 is 0.947 bits per heavy atom. The summed E-state index contributed by atoms with van der Waals surface area (Å²) in [5.41, 5.74) is 1.78. The third-order valence-electron chi connectivity index (χ3n) is 2.84. The minimum Gasteiger partial charge on any atom is -0.487 e. The molecule has 0 N–H and O–H groups in total. The van der Waals surface area contributed by atoms with Crippen molar-refractivity contribution in [3.8, 4) is 5.75 Å². The molecule has 0 unspecified atom stereocenters. The van der Waals surface area contributed by atoms with E-state index in [1.165, 1.54) is 0 Å². The molecule has 3 heteroatoms. The molecular formula is C16H12ClNO. The van der Waals surface area contributed by atoms with Crippen molar-refractivity contribution >= 4 is 22.5 Å². The van der Waals surface area contributed by atoms with Crippen molar-refractivity contribution in [2.45, 2.75) is 6.61 Å². The molecule has 0 aliphatic heterocycles. The number of ether oxygens (including phenoxy) is 1. The number of nitrogens with zero attached hydrogens (tertiary/aromatic N) is 1. The number of hydrogen-bond acceptors (Lipinski definition) is 2. The Balaban J connectivity index is 1.81. The summed E-state index contributed by atoms with van der Waals surface area (Å²) in [6.07, 6.45) is 0. The van der Waals surface area contributed by atoms with Gasteiger partial charge in [-0.1, -0.05) is 41.9 Å². The van der Waals surface area contributed by atoms with Gasteiger partial charge in [0.15, 0.2) is 0 Å². The summed E-state index contributed by atoms with van der Waals surface area (Å²) >= 11 is 5.97. The van der Waals surface area contributed by atoms with Crippen LogP contribution in [0, 0.1) is 0 Å². The van der Waals surface area contributed by atoms with Crippen LogP contribution in [0.2, 0.25) is 5.02 Å². The van der Waals surface area contributed by atoms with Crippen LogP contribution in [-0.2, 0) is 6.61 Å². The molecule has 0 aliphatic carbocycles. The smallest absolute Gasteiger partial charge is 0.130 e. The molecule has 1 aromatic heterocycles. The Labute approximate surface area is 116 Å². The monoisotopic (exact) mass is 269 g/mol. The standard InChI is InChI=1S/C16H12ClNO/c17-13-8-6-12-7-9-14(18-16(12)10-13)11-19-15-4-2-1-3-5-15/h1-10H,11H2. The van der Waals surface area contributed by atoms with E-state index in [2.05, 4.69) is 4.98 Å². The van der Waals surface area contributed by atoms with Crippen LogP contribution in [0.4, 0.5) is 0 Å². The van der Waals surface area contributed by atoms with Gasteiger partial charge in [-0.2, -0.15) is 0 Å². The first kappa shape index (κ1) is 12.0. The SMILES string of the molecule is Clc1ccc2ccc(COc3ccccc3)nc2c1. The number of benzene rings is 2. The van der Waals surface area contributed by atoms with Gasteiger partial charge >= 0.3 is 0 Å². The topological polar surface area (TPSA) is 22.1 Å². The van der Waals surface area contributed by atoms with E-state index in [-0.39, 0.29) is 0 Å². The second-order valence-electron chi connectivity index (χ2n) is 4.24. The van der Waals surface area contributed by atoms with Crippen molar-refractivity contribution in [2.24, 2.45) is 0 Å². The van der Waals surface area contributed by atoms with Gasteiger partial charge in [0, 0.05) is 10.4 Å². The van der Waals surface area contributed by atoms with Crippen LogP contribution in [-0.4, -0.2) is 4.98 Å². The molecule has 3 aromatic rings. The molecule has 3 rings (SSSR count). The summed E-state index contributed by atoms with van der Waals surface area (Å²) in [4.78, 5) is 4.54. The number of aromatic nitrogens is 1. The van der Waals surface area contributed by atoms with Gasteiger partial charge in [0.05, 0.1) is 11.2 Å². The summed E-state index contributed by atoms with van der Waals surface area (Å²) in [6, 6.07) is 19.4. The van der Waals surface area contributed by atoms with Crippen LogP contribution in [0.1, 0.15) is 5.69 Å². The normalized spacial score (nSPS) is 10.6. The summed E-state index contributed by atoms with van der Waals surface area (Å²) in [7, 11) is 0. The van der Waals surface area contributed by atoms with Gasteiger partial charge < -0.3 is 4.74 Å². The average molecular weight is 270 g/mol. The molecular weight excluding hydrogens is 258 g/mol. The zero-order chi connectivity index (χ0) is 13.1. The molecule has 0 saturated heterocycles. The Kier molecular flexibility index (Phi) is 3.34. The second kappa shape index (κ2) is 5.29. The van der Waals surface area contributed by atoms with Crippen molar-refractivity contribution in [1.82, 2.24) is 4.98 Å². The Morgan fingerprint density at radius 2 is 1.74 bits per heavy atom.